The molecule has 6 nitrogen and oxygen atoms in total. The fraction of sp³-hybridized carbons (Fsp3) is 0.515. The SMILES string of the molecule is CN[C@@H]1CCN(C(=O)N2CC[C@@H](CN3CC(c4ccccc4)=CC3=O)C3(CCCC3)C2)[C@H](c2cc(F)ccc2F)C1. The maximum Gasteiger partial charge on any atom is 0.320 e. The summed E-state index contributed by atoms with van der Waals surface area (Å²) in [6.07, 6.45) is 8.27. The molecule has 3 heterocycles. The second-order valence-corrected chi connectivity index (χ2v) is 12.4. The van der Waals surface area contributed by atoms with Crippen molar-refractivity contribution in [3.05, 3.63) is 77.4 Å². The van der Waals surface area contributed by atoms with Gasteiger partial charge in [-0.2, -0.15) is 0 Å². The van der Waals surface area contributed by atoms with Crippen LogP contribution in [-0.2, 0) is 4.79 Å². The molecule has 3 atom stereocenters. The molecule has 0 radical (unpaired) electrons. The second kappa shape index (κ2) is 11.6. The van der Waals surface area contributed by atoms with E-state index in [4.69, 9.17) is 0 Å². The van der Waals surface area contributed by atoms with Crippen molar-refractivity contribution in [3.63, 3.8) is 0 Å². The summed E-state index contributed by atoms with van der Waals surface area (Å²) in [6.45, 7) is 3.09. The van der Waals surface area contributed by atoms with Gasteiger partial charge < -0.3 is 20.0 Å². The molecule has 0 unspecified atom stereocenters. The number of amides is 3. The van der Waals surface area contributed by atoms with Gasteiger partial charge in [-0.05, 0) is 79.8 Å². The van der Waals surface area contributed by atoms with E-state index in [2.05, 4.69) is 5.32 Å². The predicted molar refractivity (Wildman–Crippen MR) is 155 cm³/mol. The van der Waals surface area contributed by atoms with Gasteiger partial charge >= 0.3 is 6.03 Å². The summed E-state index contributed by atoms with van der Waals surface area (Å²) < 4.78 is 29.1. The number of hydrogen-bond acceptors (Lipinski definition) is 3. The van der Waals surface area contributed by atoms with E-state index in [0.717, 1.165) is 61.8 Å². The number of nitrogens with zero attached hydrogens (tertiary/aromatic N) is 3. The molecule has 6 rings (SSSR count). The van der Waals surface area contributed by atoms with Crippen molar-refractivity contribution in [1.29, 1.82) is 0 Å². The number of benzene rings is 2. The first-order chi connectivity index (χ1) is 19.9. The topological polar surface area (TPSA) is 55.9 Å². The Morgan fingerprint density at radius 3 is 2.59 bits per heavy atom. The minimum absolute atomic E-state index is 0.0212. The zero-order valence-corrected chi connectivity index (χ0v) is 23.8. The van der Waals surface area contributed by atoms with Crippen molar-refractivity contribution >= 4 is 17.5 Å². The highest BCUT2D eigenvalue weighted by molar-refractivity contribution is 6.00. The minimum Gasteiger partial charge on any atom is -0.334 e. The van der Waals surface area contributed by atoms with Gasteiger partial charge in [-0.15, -0.1) is 0 Å². The Labute approximate surface area is 241 Å². The van der Waals surface area contributed by atoms with Crippen LogP contribution in [0, 0.1) is 23.0 Å². The third-order valence-corrected chi connectivity index (χ3v) is 10.1. The standard InChI is InChI=1S/C33H40F2N4O2/c1-36-27-12-16-39(30(19-27)28-18-26(34)9-10-29(28)35)32(41)37-15-11-25(33(22-37)13-5-6-14-33)21-38-20-24(17-31(38)40)23-7-3-2-4-8-23/h2-4,7-10,17-18,25,27,30,36H,5-6,11-16,19-22H2,1H3/t25-,27+,30-/m0/s1. The monoisotopic (exact) mass is 562 g/mol. The van der Waals surface area contributed by atoms with Gasteiger partial charge in [-0.25, -0.2) is 13.6 Å². The summed E-state index contributed by atoms with van der Waals surface area (Å²) in [4.78, 5) is 32.8. The van der Waals surface area contributed by atoms with E-state index < -0.39 is 17.7 Å². The van der Waals surface area contributed by atoms with Crippen molar-refractivity contribution < 1.29 is 18.4 Å². The van der Waals surface area contributed by atoms with Crippen LogP contribution in [0.25, 0.3) is 5.57 Å². The average Bonchev–Trinajstić information content (AvgIpc) is 3.61. The van der Waals surface area contributed by atoms with Gasteiger partial charge in [0.05, 0.1) is 6.04 Å². The van der Waals surface area contributed by atoms with Crippen LogP contribution in [0.1, 0.15) is 62.1 Å². The molecule has 3 fully saturated rings. The Kier molecular flexibility index (Phi) is 7.86. The molecule has 2 aromatic carbocycles. The number of carbonyl (C=O) groups is 2. The van der Waals surface area contributed by atoms with Crippen molar-refractivity contribution in [2.75, 3.05) is 39.8 Å². The Hall–Kier alpha value is -3.26. The van der Waals surface area contributed by atoms with E-state index in [9.17, 15) is 18.4 Å². The highest BCUT2D eigenvalue weighted by atomic mass is 19.1. The fourth-order valence-corrected chi connectivity index (χ4v) is 7.82. The molecule has 8 heteroatoms. The molecule has 3 aliphatic heterocycles. The lowest BCUT2D eigenvalue weighted by Gasteiger charge is -2.50. The van der Waals surface area contributed by atoms with E-state index in [0.29, 0.717) is 45.1 Å². The smallest absolute Gasteiger partial charge is 0.320 e. The molecule has 1 N–H and O–H groups in total. The third-order valence-electron chi connectivity index (χ3n) is 10.1. The van der Waals surface area contributed by atoms with Gasteiger partial charge in [0, 0.05) is 50.4 Å². The molecule has 41 heavy (non-hydrogen) atoms. The minimum atomic E-state index is -0.522. The van der Waals surface area contributed by atoms with Crippen LogP contribution in [0.15, 0.2) is 54.6 Å². The van der Waals surface area contributed by atoms with Gasteiger partial charge in [0.2, 0.25) is 5.91 Å². The van der Waals surface area contributed by atoms with Crippen LogP contribution < -0.4 is 5.32 Å². The number of nitrogens with one attached hydrogen (secondary N) is 1. The highest BCUT2D eigenvalue weighted by Gasteiger charge is 2.48. The first-order valence-electron chi connectivity index (χ1n) is 15.1. The predicted octanol–water partition coefficient (Wildman–Crippen LogP) is 5.62. The molecular weight excluding hydrogens is 522 g/mol. The zero-order valence-electron chi connectivity index (χ0n) is 23.8. The van der Waals surface area contributed by atoms with E-state index in [1.54, 1.807) is 11.0 Å². The van der Waals surface area contributed by atoms with Crippen molar-refractivity contribution in [2.24, 2.45) is 11.3 Å². The van der Waals surface area contributed by atoms with E-state index >= 15 is 0 Å². The van der Waals surface area contributed by atoms with Crippen LogP contribution in [0.4, 0.5) is 13.6 Å². The molecule has 1 spiro atoms. The van der Waals surface area contributed by atoms with E-state index in [1.165, 1.54) is 6.07 Å². The Morgan fingerprint density at radius 1 is 1.05 bits per heavy atom. The number of hydrogen-bond donors (Lipinski definition) is 1. The molecule has 0 bridgehead atoms. The summed E-state index contributed by atoms with van der Waals surface area (Å²) >= 11 is 0. The van der Waals surface area contributed by atoms with Crippen LogP contribution in [0.2, 0.25) is 0 Å². The molecule has 2 saturated heterocycles. The number of carbonyl (C=O) groups excluding carboxylic acids is 2. The molecule has 2 aromatic rings. The maximum atomic E-state index is 14.9. The van der Waals surface area contributed by atoms with Crippen LogP contribution in [0.5, 0.6) is 0 Å². The summed E-state index contributed by atoms with van der Waals surface area (Å²) in [5.74, 6) is -0.570. The first kappa shape index (κ1) is 27.9. The van der Waals surface area contributed by atoms with Gasteiger partial charge in [0.15, 0.2) is 0 Å². The zero-order chi connectivity index (χ0) is 28.6. The van der Waals surface area contributed by atoms with Gasteiger partial charge in [-0.1, -0.05) is 43.2 Å². The fourth-order valence-electron chi connectivity index (χ4n) is 7.82. The summed E-state index contributed by atoms with van der Waals surface area (Å²) in [5.41, 5.74) is 2.38. The first-order valence-corrected chi connectivity index (χ1v) is 15.1. The van der Waals surface area contributed by atoms with Gasteiger partial charge in [0.25, 0.3) is 0 Å². The summed E-state index contributed by atoms with van der Waals surface area (Å²) in [6, 6.07) is 13.1. The van der Waals surface area contributed by atoms with Crippen LogP contribution >= 0.6 is 0 Å². The molecule has 1 saturated carbocycles. The number of likely N-dealkylation sites (tertiary alicyclic amines) is 2. The van der Waals surface area contributed by atoms with Gasteiger partial charge in [0.1, 0.15) is 11.6 Å². The van der Waals surface area contributed by atoms with Crippen molar-refractivity contribution in [2.45, 2.75) is 57.0 Å². The van der Waals surface area contributed by atoms with Crippen LogP contribution in [-0.4, -0.2) is 72.5 Å². The average molecular weight is 563 g/mol. The largest absolute Gasteiger partial charge is 0.334 e. The normalized spacial score (nSPS) is 26.1. The highest BCUT2D eigenvalue weighted by Crippen LogP contribution is 2.49. The lowest BCUT2D eigenvalue weighted by atomic mass is 9.69. The number of rotatable bonds is 5. The van der Waals surface area contributed by atoms with Gasteiger partial charge in [-0.3, -0.25) is 4.79 Å². The summed E-state index contributed by atoms with van der Waals surface area (Å²) in [7, 11) is 1.87. The Bertz CT molecular complexity index is 1310. The van der Waals surface area contributed by atoms with Crippen molar-refractivity contribution in [3.8, 4) is 0 Å². The van der Waals surface area contributed by atoms with E-state index in [-0.39, 0.29) is 29.0 Å². The Balaban J connectivity index is 1.18. The second-order valence-electron chi connectivity index (χ2n) is 12.4. The lowest BCUT2D eigenvalue weighted by Crippen LogP contribution is -2.57. The maximum absolute atomic E-state index is 14.9. The van der Waals surface area contributed by atoms with E-state index in [1.807, 2.05) is 47.2 Å². The number of urea groups is 1. The molecule has 4 aliphatic rings. The molecular formula is C33H40F2N4O2. The lowest BCUT2D eigenvalue weighted by molar-refractivity contribution is -0.126. The number of halogens is 2. The summed E-state index contributed by atoms with van der Waals surface area (Å²) in [5, 5.41) is 3.27. The third kappa shape index (κ3) is 5.51. The molecule has 218 valence electrons. The number of piperidine rings is 2. The molecule has 1 aliphatic carbocycles. The quantitative estimate of drug-likeness (QED) is 0.515. The molecule has 0 aromatic heterocycles. The molecule has 3 amide bonds. The Morgan fingerprint density at radius 2 is 1.83 bits per heavy atom. The van der Waals surface area contributed by atoms with Crippen LogP contribution in [0.3, 0.4) is 0 Å². The van der Waals surface area contributed by atoms with Crippen molar-refractivity contribution in [1.82, 2.24) is 20.0 Å².